The van der Waals surface area contributed by atoms with Crippen molar-refractivity contribution in [3.63, 3.8) is 0 Å². The molecule has 1 fully saturated rings. The molecule has 0 spiro atoms. The Morgan fingerprint density at radius 1 is 0.818 bits per heavy atom. The second-order valence-electron chi connectivity index (χ2n) is 7.29. The average molecular weight is 500 g/mol. The van der Waals surface area contributed by atoms with Crippen LogP contribution in [0.15, 0.2) is 47.4 Å². The standard InChI is InChI=1S/C21H29N3O7S2/c1-29-19-7-5-4-6-18(19)23-11-13-24(14-12-23)32(25,26)15-10-22-33(27,28)17-8-9-20(30-2)21(16-17)31-3/h4-9,16,22H,10-15H2,1-3H3. The Morgan fingerprint density at radius 2 is 1.45 bits per heavy atom. The third-order valence-corrected chi connectivity index (χ3v) is 8.71. The molecule has 1 heterocycles. The molecule has 1 aliphatic rings. The number of hydrogen-bond acceptors (Lipinski definition) is 8. The molecule has 12 heteroatoms. The van der Waals surface area contributed by atoms with Gasteiger partial charge in [0.1, 0.15) is 5.75 Å². The first-order chi connectivity index (χ1) is 15.7. The second kappa shape index (κ2) is 10.6. The number of hydrogen-bond donors (Lipinski definition) is 1. The predicted molar refractivity (Wildman–Crippen MR) is 125 cm³/mol. The van der Waals surface area contributed by atoms with Crippen LogP contribution < -0.4 is 23.8 Å². The molecule has 3 rings (SSSR count). The maximum Gasteiger partial charge on any atom is 0.240 e. The number of nitrogens with one attached hydrogen (secondary N) is 1. The number of para-hydroxylation sites is 2. The first-order valence-corrected chi connectivity index (χ1v) is 13.4. The molecule has 2 aromatic rings. The van der Waals surface area contributed by atoms with E-state index in [2.05, 4.69) is 9.62 Å². The maximum atomic E-state index is 12.8. The van der Waals surface area contributed by atoms with Gasteiger partial charge in [-0.25, -0.2) is 21.6 Å². The maximum absolute atomic E-state index is 12.8. The Balaban J connectivity index is 1.57. The Bertz CT molecular complexity index is 1160. The van der Waals surface area contributed by atoms with Gasteiger partial charge in [-0.05, 0) is 24.3 Å². The Kier molecular flexibility index (Phi) is 8.05. The van der Waals surface area contributed by atoms with Crippen molar-refractivity contribution < 1.29 is 31.0 Å². The topological polar surface area (TPSA) is 114 Å². The van der Waals surface area contributed by atoms with E-state index < -0.39 is 20.0 Å². The van der Waals surface area contributed by atoms with Gasteiger partial charge in [-0.2, -0.15) is 4.31 Å². The van der Waals surface area contributed by atoms with E-state index in [1.54, 1.807) is 7.11 Å². The molecule has 0 atom stereocenters. The van der Waals surface area contributed by atoms with Crippen LogP contribution in [0.25, 0.3) is 0 Å². The van der Waals surface area contributed by atoms with Crippen molar-refractivity contribution in [3.05, 3.63) is 42.5 Å². The van der Waals surface area contributed by atoms with Crippen LogP contribution in [0, 0.1) is 0 Å². The van der Waals surface area contributed by atoms with Crippen molar-refractivity contribution >= 4 is 25.7 Å². The molecule has 1 N–H and O–H groups in total. The number of benzene rings is 2. The lowest BCUT2D eigenvalue weighted by Crippen LogP contribution is -2.50. The summed E-state index contributed by atoms with van der Waals surface area (Å²) in [6, 6.07) is 11.8. The Hall–Kier alpha value is -2.54. The zero-order chi connectivity index (χ0) is 24.1. The minimum atomic E-state index is -3.91. The van der Waals surface area contributed by atoms with Gasteiger partial charge in [-0.1, -0.05) is 12.1 Å². The summed E-state index contributed by atoms with van der Waals surface area (Å²) in [5, 5.41) is 0. The monoisotopic (exact) mass is 499 g/mol. The van der Waals surface area contributed by atoms with E-state index in [9.17, 15) is 16.8 Å². The molecule has 1 saturated heterocycles. The van der Waals surface area contributed by atoms with E-state index in [1.165, 1.54) is 36.7 Å². The summed E-state index contributed by atoms with van der Waals surface area (Å²) < 4.78 is 70.1. The van der Waals surface area contributed by atoms with Crippen molar-refractivity contribution in [2.75, 3.05) is 64.7 Å². The van der Waals surface area contributed by atoms with E-state index in [0.717, 1.165) is 11.4 Å². The SMILES string of the molecule is COc1ccc(S(=O)(=O)NCCS(=O)(=O)N2CCN(c3ccccc3OC)CC2)cc1OC. The molecule has 2 aromatic carbocycles. The van der Waals surface area contributed by atoms with Crippen LogP contribution in [0.2, 0.25) is 0 Å². The van der Waals surface area contributed by atoms with Crippen molar-refractivity contribution in [2.24, 2.45) is 0 Å². The Labute approximate surface area is 195 Å². The quantitative estimate of drug-likeness (QED) is 0.518. The minimum absolute atomic E-state index is 0.0389. The molecule has 0 radical (unpaired) electrons. The van der Waals surface area contributed by atoms with Gasteiger partial charge >= 0.3 is 0 Å². The molecule has 33 heavy (non-hydrogen) atoms. The number of piperazine rings is 1. The highest BCUT2D eigenvalue weighted by molar-refractivity contribution is 7.90. The first-order valence-electron chi connectivity index (χ1n) is 10.3. The normalized spacial score (nSPS) is 15.3. The fourth-order valence-electron chi connectivity index (χ4n) is 3.60. The van der Waals surface area contributed by atoms with E-state index in [0.29, 0.717) is 31.9 Å². The summed E-state index contributed by atoms with van der Waals surface area (Å²) in [6.45, 7) is 1.39. The van der Waals surface area contributed by atoms with E-state index >= 15 is 0 Å². The zero-order valence-electron chi connectivity index (χ0n) is 18.9. The lowest BCUT2D eigenvalue weighted by Gasteiger charge is -2.35. The fraction of sp³-hybridized carbons (Fsp3) is 0.429. The Morgan fingerprint density at radius 3 is 2.09 bits per heavy atom. The summed E-state index contributed by atoms with van der Waals surface area (Å²) in [5.41, 5.74) is 0.916. The first kappa shape index (κ1) is 25.1. The van der Waals surface area contributed by atoms with E-state index in [1.807, 2.05) is 24.3 Å². The predicted octanol–water partition coefficient (Wildman–Crippen LogP) is 1.14. The van der Waals surface area contributed by atoms with Gasteiger partial charge < -0.3 is 19.1 Å². The van der Waals surface area contributed by atoms with Crippen LogP contribution in [0.1, 0.15) is 0 Å². The highest BCUT2D eigenvalue weighted by Gasteiger charge is 2.28. The number of ether oxygens (including phenoxy) is 3. The summed E-state index contributed by atoms with van der Waals surface area (Å²) >= 11 is 0. The molecule has 0 bridgehead atoms. The van der Waals surface area contributed by atoms with Crippen LogP contribution >= 0.6 is 0 Å². The van der Waals surface area contributed by atoms with Crippen molar-refractivity contribution in [2.45, 2.75) is 4.90 Å². The van der Waals surface area contributed by atoms with Gasteiger partial charge in [0.05, 0.1) is 37.7 Å². The number of anilines is 1. The highest BCUT2D eigenvalue weighted by Crippen LogP contribution is 2.30. The third-order valence-electron chi connectivity index (χ3n) is 5.38. The molecule has 182 valence electrons. The lowest BCUT2D eigenvalue weighted by atomic mass is 10.2. The summed E-state index contributed by atoms with van der Waals surface area (Å²) in [6.07, 6.45) is 0. The second-order valence-corrected chi connectivity index (χ2v) is 11.1. The van der Waals surface area contributed by atoms with Crippen LogP contribution in [0.3, 0.4) is 0 Å². The number of nitrogens with zero attached hydrogens (tertiary/aromatic N) is 2. The lowest BCUT2D eigenvalue weighted by molar-refractivity contribution is 0.354. The molecule has 0 aromatic heterocycles. The van der Waals surface area contributed by atoms with Gasteiger partial charge in [-0.3, -0.25) is 0 Å². The van der Waals surface area contributed by atoms with Crippen LogP contribution in [0.4, 0.5) is 5.69 Å². The smallest absolute Gasteiger partial charge is 0.240 e. The number of methoxy groups -OCH3 is 3. The largest absolute Gasteiger partial charge is 0.495 e. The molecule has 0 unspecified atom stereocenters. The van der Waals surface area contributed by atoms with E-state index in [-0.39, 0.29) is 22.9 Å². The summed E-state index contributed by atoms with van der Waals surface area (Å²) in [5.74, 6) is 1.05. The molecule has 0 amide bonds. The van der Waals surface area contributed by atoms with Crippen molar-refractivity contribution in [3.8, 4) is 17.2 Å². The van der Waals surface area contributed by atoms with Crippen LogP contribution in [-0.2, 0) is 20.0 Å². The summed E-state index contributed by atoms with van der Waals surface area (Å²) in [7, 11) is -3.09. The molecular weight excluding hydrogens is 470 g/mol. The van der Waals surface area contributed by atoms with Gasteiger partial charge in [0.15, 0.2) is 11.5 Å². The fourth-order valence-corrected chi connectivity index (χ4v) is 6.11. The summed E-state index contributed by atoms with van der Waals surface area (Å²) in [4.78, 5) is 2.04. The van der Waals surface area contributed by atoms with Gasteiger partial charge in [-0.15, -0.1) is 0 Å². The van der Waals surface area contributed by atoms with Gasteiger partial charge in [0.25, 0.3) is 0 Å². The highest BCUT2D eigenvalue weighted by atomic mass is 32.2. The van der Waals surface area contributed by atoms with Gasteiger partial charge in [0.2, 0.25) is 20.0 Å². The van der Waals surface area contributed by atoms with Gasteiger partial charge in [0, 0.05) is 38.8 Å². The average Bonchev–Trinajstić information content (AvgIpc) is 2.83. The molecule has 10 nitrogen and oxygen atoms in total. The zero-order valence-corrected chi connectivity index (χ0v) is 20.5. The minimum Gasteiger partial charge on any atom is -0.495 e. The van der Waals surface area contributed by atoms with Crippen molar-refractivity contribution in [1.29, 1.82) is 0 Å². The van der Waals surface area contributed by atoms with Crippen LogP contribution in [0.5, 0.6) is 17.2 Å². The molecule has 0 saturated carbocycles. The molecule has 0 aliphatic carbocycles. The third kappa shape index (κ3) is 5.88. The number of sulfonamides is 2. The molecule has 1 aliphatic heterocycles. The van der Waals surface area contributed by atoms with Crippen molar-refractivity contribution in [1.82, 2.24) is 9.03 Å². The van der Waals surface area contributed by atoms with Crippen LogP contribution in [-0.4, -0.2) is 80.9 Å². The number of rotatable bonds is 10. The van der Waals surface area contributed by atoms with E-state index in [4.69, 9.17) is 14.2 Å². The molecular formula is C21H29N3O7S2.